The zero-order valence-electron chi connectivity index (χ0n) is 22.2. The number of carbonyl (C=O) groups is 1. The minimum Gasteiger partial charge on any atom is -0.489 e. The highest BCUT2D eigenvalue weighted by Crippen LogP contribution is 2.45. The molecule has 1 aliphatic heterocycles. The smallest absolute Gasteiger partial charge is 0.430 e. The molecule has 39 heavy (non-hydrogen) atoms. The lowest BCUT2D eigenvalue weighted by Gasteiger charge is -2.34. The Kier molecular flexibility index (Phi) is 8.79. The van der Waals surface area contributed by atoms with E-state index in [2.05, 4.69) is 0 Å². The van der Waals surface area contributed by atoms with Gasteiger partial charge in [-0.1, -0.05) is 50.3 Å². The summed E-state index contributed by atoms with van der Waals surface area (Å²) in [6.07, 6.45) is -9.39. The summed E-state index contributed by atoms with van der Waals surface area (Å²) in [5.74, 6) is 0.417. The normalized spacial score (nSPS) is 17.1. The first kappa shape index (κ1) is 30.5. The quantitative estimate of drug-likeness (QED) is 0.258. The molecular weight excluding hydrogens is 526 g/mol. The summed E-state index contributed by atoms with van der Waals surface area (Å²) in [6, 6.07) is 10.7. The third kappa shape index (κ3) is 6.10. The van der Waals surface area contributed by atoms with Crippen LogP contribution in [0.5, 0.6) is 5.75 Å². The lowest BCUT2D eigenvalue weighted by atomic mass is 9.70. The van der Waals surface area contributed by atoms with Crippen molar-refractivity contribution in [1.82, 2.24) is 0 Å². The molecule has 2 aromatic carbocycles. The van der Waals surface area contributed by atoms with Crippen LogP contribution in [0.15, 0.2) is 42.5 Å². The molecule has 4 nitrogen and oxygen atoms in total. The van der Waals surface area contributed by atoms with E-state index in [1.807, 2.05) is 39.0 Å². The molecule has 0 unspecified atom stereocenters. The van der Waals surface area contributed by atoms with Crippen molar-refractivity contribution in [3.8, 4) is 5.75 Å². The summed E-state index contributed by atoms with van der Waals surface area (Å²) in [4.78, 5) is 11.3. The summed E-state index contributed by atoms with van der Waals surface area (Å²) in [5, 5.41) is 9.44. The van der Waals surface area contributed by atoms with Crippen molar-refractivity contribution in [3.63, 3.8) is 0 Å². The van der Waals surface area contributed by atoms with Gasteiger partial charge < -0.3 is 14.6 Å². The molecular formula is C29H32F6O4. The summed E-state index contributed by atoms with van der Waals surface area (Å²) in [5.41, 5.74) is -2.13. The van der Waals surface area contributed by atoms with Crippen molar-refractivity contribution in [2.24, 2.45) is 0 Å². The first-order valence-corrected chi connectivity index (χ1v) is 12.7. The number of rotatable bonds is 9. The molecule has 0 saturated carbocycles. The van der Waals surface area contributed by atoms with Gasteiger partial charge in [0, 0.05) is 11.8 Å². The van der Waals surface area contributed by atoms with E-state index >= 15 is 0 Å². The van der Waals surface area contributed by atoms with Gasteiger partial charge in [-0.2, -0.15) is 26.3 Å². The van der Waals surface area contributed by atoms with Crippen LogP contribution in [0.2, 0.25) is 0 Å². The van der Waals surface area contributed by atoms with Crippen LogP contribution in [0, 0.1) is 13.8 Å². The molecule has 1 aliphatic rings. The van der Waals surface area contributed by atoms with E-state index < -0.39 is 23.4 Å². The molecule has 1 N–H and O–H groups in total. The Labute approximate surface area is 223 Å². The monoisotopic (exact) mass is 558 g/mol. The molecule has 0 aliphatic carbocycles. The van der Waals surface area contributed by atoms with Crippen molar-refractivity contribution in [2.45, 2.75) is 82.9 Å². The van der Waals surface area contributed by atoms with Crippen LogP contribution in [-0.2, 0) is 14.9 Å². The fourth-order valence-electron chi connectivity index (χ4n) is 4.95. The van der Waals surface area contributed by atoms with Crippen LogP contribution in [0.1, 0.15) is 67.3 Å². The Balaban J connectivity index is 1.90. The number of aliphatic hydroxyl groups is 1. The largest absolute Gasteiger partial charge is 0.489 e. The zero-order valence-corrected chi connectivity index (χ0v) is 22.2. The van der Waals surface area contributed by atoms with Gasteiger partial charge in [-0.25, -0.2) is 0 Å². The first-order chi connectivity index (χ1) is 18.1. The molecule has 1 fully saturated rings. The topological polar surface area (TPSA) is 55.8 Å². The zero-order chi connectivity index (χ0) is 29.2. The van der Waals surface area contributed by atoms with Crippen LogP contribution in [-0.4, -0.2) is 41.7 Å². The van der Waals surface area contributed by atoms with Crippen LogP contribution >= 0.6 is 0 Å². The van der Waals surface area contributed by atoms with Crippen LogP contribution < -0.4 is 4.74 Å². The number of esters is 1. The molecule has 0 spiro atoms. The number of carbonyl (C=O) groups excluding carboxylic acids is 1. The molecule has 2 aromatic rings. The Morgan fingerprint density at radius 1 is 0.949 bits per heavy atom. The number of benzene rings is 2. The fraction of sp³-hybridized carbons (Fsp3) is 0.483. The molecule has 214 valence electrons. The molecule has 0 bridgehead atoms. The van der Waals surface area contributed by atoms with Crippen molar-refractivity contribution in [3.05, 3.63) is 70.3 Å². The number of hydrogen-bond acceptors (Lipinski definition) is 4. The number of alkyl halides is 6. The van der Waals surface area contributed by atoms with Gasteiger partial charge >= 0.3 is 18.3 Å². The van der Waals surface area contributed by atoms with E-state index in [4.69, 9.17) is 9.47 Å². The second-order valence-electron chi connectivity index (χ2n) is 9.90. The molecule has 0 aromatic heterocycles. The number of hydrogen-bond donors (Lipinski definition) is 1. The van der Waals surface area contributed by atoms with Crippen molar-refractivity contribution < 1.29 is 45.7 Å². The third-order valence-corrected chi connectivity index (χ3v) is 7.52. The predicted molar refractivity (Wildman–Crippen MR) is 134 cm³/mol. The van der Waals surface area contributed by atoms with Gasteiger partial charge in [-0.15, -0.1) is 0 Å². The van der Waals surface area contributed by atoms with E-state index in [0.717, 1.165) is 16.7 Å². The Bertz CT molecular complexity index is 1200. The van der Waals surface area contributed by atoms with Crippen molar-refractivity contribution in [1.29, 1.82) is 0 Å². The molecule has 0 amide bonds. The van der Waals surface area contributed by atoms with Gasteiger partial charge in [-0.3, -0.25) is 4.79 Å². The third-order valence-electron chi connectivity index (χ3n) is 7.52. The average molecular weight is 559 g/mol. The second-order valence-corrected chi connectivity index (χ2v) is 9.90. The van der Waals surface area contributed by atoms with E-state index in [0.29, 0.717) is 43.1 Å². The predicted octanol–water partition coefficient (Wildman–Crippen LogP) is 7.36. The number of halogens is 6. The summed E-state index contributed by atoms with van der Waals surface area (Å²) in [7, 11) is 0. The molecule has 10 heteroatoms. The standard InChI is InChI=1S/C29H32F6O4/c1-5-26(6-2,22-9-11-24(19(4)16-22)38-17-23-10-12-25(36)39-23)21-8-7-20(18(3)15-21)13-14-27(37,28(30,31)32)29(33,34)35/h7-9,11,13-16,23,37H,5-6,10,12,17H2,1-4H3/t23-/m1/s1. The molecule has 3 rings (SSSR count). The summed E-state index contributed by atoms with van der Waals surface area (Å²) < 4.78 is 89.4. The maximum atomic E-state index is 13.1. The minimum absolute atomic E-state index is 0.124. The van der Waals surface area contributed by atoms with Gasteiger partial charge in [0.1, 0.15) is 18.5 Å². The highest BCUT2D eigenvalue weighted by atomic mass is 19.4. The maximum Gasteiger partial charge on any atom is 0.430 e. The SMILES string of the molecule is CCC(CC)(c1ccc(C=CC(O)(C(F)(F)F)C(F)(F)F)c(C)c1)c1ccc(OC[C@H]2CCC(=O)O2)c(C)c1. The minimum atomic E-state index is -5.93. The number of ether oxygens (including phenoxy) is 2. The van der Waals surface area contributed by atoms with E-state index in [1.54, 1.807) is 19.1 Å². The molecule has 1 heterocycles. The highest BCUT2D eigenvalue weighted by molar-refractivity contribution is 5.71. The molecule has 1 atom stereocenters. The average Bonchev–Trinajstić information content (AvgIpc) is 3.27. The maximum absolute atomic E-state index is 13.1. The Morgan fingerprint density at radius 2 is 1.51 bits per heavy atom. The second kappa shape index (κ2) is 11.2. The van der Waals surface area contributed by atoms with Gasteiger partial charge in [0.05, 0.1) is 0 Å². The van der Waals surface area contributed by atoms with Gasteiger partial charge in [-0.05, 0) is 73.1 Å². The van der Waals surface area contributed by atoms with Crippen LogP contribution in [0.4, 0.5) is 26.3 Å². The van der Waals surface area contributed by atoms with Gasteiger partial charge in [0.15, 0.2) is 0 Å². The number of cyclic esters (lactones) is 1. The highest BCUT2D eigenvalue weighted by Gasteiger charge is 2.68. The van der Waals surface area contributed by atoms with Crippen molar-refractivity contribution >= 4 is 12.0 Å². The fourth-order valence-corrected chi connectivity index (χ4v) is 4.95. The lowest BCUT2D eigenvalue weighted by molar-refractivity contribution is -0.347. The molecule has 1 saturated heterocycles. The van der Waals surface area contributed by atoms with E-state index in [1.165, 1.54) is 6.07 Å². The van der Waals surface area contributed by atoms with Crippen LogP contribution in [0.3, 0.4) is 0 Å². The van der Waals surface area contributed by atoms with Crippen molar-refractivity contribution in [2.75, 3.05) is 6.61 Å². The summed E-state index contributed by atoms with van der Waals surface area (Å²) in [6.45, 7) is 7.76. The van der Waals surface area contributed by atoms with Gasteiger partial charge in [0.25, 0.3) is 5.60 Å². The van der Waals surface area contributed by atoms with Gasteiger partial charge in [0.2, 0.25) is 0 Å². The first-order valence-electron chi connectivity index (χ1n) is 12.7. The van der Waals surface area contributed by atoms with E-state index in [9.17, 15) is 36.2 Å². The number of aryl methyl sites for hydroxylation is 2. The Morgan fingerprint density at radius 3 is 1.97 bits per heavy atom. The van der Waals surface area contributed by atoms with E-state index in [-0.39, 0.29) is 30.3 Å². The summed E-state index contributed by atoms with van der Waals surface area (Å²) >= 11 is 0. The lowest BCUT2D eigenvalue weighted by Crippen LogP contribution is -2.55. The van der Waals surface area contributed by atoms with Crippen LogP contribution in [0.25, 0.3) is 6.08 Å². The molecule has 0 radical (unpaired) electrons. The Hall–Kier alpha value is -3.01.